The molecule has 0 aliphatic heterocycles. The van der Waals surface area contributed by atoms with Crippen LogP contribution < -0.4 is 0 Å². The van der Waals surface area contributed by atoms with E-state index in [-0.39, 0.29) is 16.7 Å². The molecule has 5 rings (SSSR count). The van der Waals surface area contributed by atoms with Crippen molar-refractivity contribution in [3.05, 3.63) is 101 Å². The number of aromatic hydroxyl groups is 2. The van der Waals surface area contributed by atoms with E-state index in [9.17, 15) is 10.2 Å². The van der Waals surface area contributed by atoms with E-state index >= 15 is 0 Å². The minimum Gasteiger partial charge on any atom is -0.506 e. The zero-order valence-electron chi connectivity index (χ0n) is 16.4. The molecule has 3 heterocycles. The minimum atomic E-state index is -0.0287. The molecule has 3 aromatic heterocycles. The van der Waals surface area contributed by atoms with Crippen LogP contribution in [0.1, 0.15) is 22.7 Å². The Morgan fingerprint density at radius 2 is 1.71 bits per heavy atom. The van der Waals surface area contributed by atoms with Crippen molar-refractivity contribution in [3.8, 4) is 22.9 Å². The number of fused-ring (bicyclic) bond motifs is 1. The number of halogens is 1. The molecule has 154 valence electrons. The van der Waals surface area contributed by atoms with Crippen molar-refractivity contribution in [3.63, 3.8) is 0 Å². The number of hydrogen-bond acceptors (Lipinski definition) is 5. The van der Waals surface area contributed by atoms with Gasteiger partial charge in [-0.15, -0.1) is 0 Å². The number of phenols is 1. The first-order valence-electron chi connectivity index (χ1n) is 9.74. The molecule has 0 saturated heterocycles. The molecule has 5 aromatic rings. The van der Waals surface area contributed by atoms with Crippen LogP contribution in [0.5, 0.6) is 11.6 Å². The van der Waals surface area contributed by atoms with E-state index in [1.54, 1.807) is 35.1 Å². The second-order valence-corrected chi connectivity index (χ2v) is 7.58. The Kier molecular flexibility index (Phi) is 4.84. The molecule has 2 aromatic carbocycles. The molecule has 0 fully saturated rings. The third kappa shape index (κ3) is 3.62. The van der Waals surface area contributed by atoms with Gasteiger partial charge in [-0.25, -0.2) is 9.97 Å². The molecule has 0 saturated carbocycles. The molecule has 0 amide bonds. The average Bonchev–Trinajstić information content (AvgIpc) is 3.40. The van der Waals surface area contributed by atoms with Crippen molar-refractivity contribution in [1.82, 2.24) is 14.4 Å². The lowest BCUT2D eigenvalue weighted by atomic mass is 10.1. The van der Waals surface area contributed by atoms with E-state index in [0.29, 0.717) is 46.9 Å². The number of aromatic nitrogens is 3. The smallest absolute Gasteiger partial charge is 0.219 e. The number of nitrogens with zero attached hydrogens (tertiary/aromatic N) is 3. The van der Waals surface area contributed by atoms with E-state index in [4.69, 9.17) is 21.0 Å². The van der Waals surface area contributed by atoms with Gasteiger partial charge in [-0.05, 0) is 23.8 Å². The lowest BCUT2D eigenvalue weighted by Crippen LogP contribution is -2.01. The molecule has 7 heteroatoms. The third-order valence-electron chi connectivity index (χ3n) is 5.11. The maximum Gasteiger partial charge on any atom is 0.219 e. The molecule has 0 aliphatic carbocycles. The van der Waals surface area contributed by atoms with Crippen LogP contribution in [0.4, 0.5) is 0 Å². The van der Waals surface area contributed by atoms with Crippen molar-refractivity contribution in [2.75, 3.05) is 0 Å². The van der Waals surface area contributed by atoms with Gasteiger partial charge in [0, 0.05) is 18.2 Å². The van der Waals surface area contributed by atoms with Crippen molar-refractivity contribution < 1.29 is 14.6 Å². The van der Waals surface area contributed by atoms with Crippen LogP contribution in [0.15, 0.2) is 77.5 Å². The Bertz CT molecular complexity index is 1360. The number of hydrogen-bond donors (Lipinski definition) is 2. The fraction of sp³-hybridized carbons (Fsp3) is 0.0833. The van der Waals surface area contributed by atoms with Crippen molar-refractivity contribution in [2.24, 2.45) is 0 Å². The fourth-order valence-corrected chi connectivity index (χ4v) is 3.82. The van der Waals surface area contributed by atoms with Gasteiger partial charge < -0.3 is 14.6 Å². The summed E-state index contributed by atoms with van der Waals surface area (Å²) in [5, 5.41) is 21.2. The fourth-order valence-electron chi connectivity index (χ4n) is 3.60. The highest BCUT2D eigenvalue weighted by atomic mass is 35.5. The van der Waals surface area contributed by atoms with Crippen molar-refractivity contribution in [2.45, 2.75) is 12.8 Å². The lowest BCUT2D eigenvalue weighted by molar-refractivity contribution is 0.438. The summed E-state index contributed by atoms with van der Waals surface area (Å²) in [5.41, 5.74) is 3.89. The maximum absolute atomic E-state index is 10.9. The number of imidazole rings is 1. The van der Waals surface area contributed by atoms with Crippen LogP contribution in [0, 0.1) is 0 Å². The summed E-state index contributed by atoms with van der Waals surface area (Å²) < 4.78 is 7.03. The largest absolute Gasteiger partial charge is 0.506 e. The van der Waals surface area contributed by atoms with E-state index in [1.165, 1.54) is 6.07 Å². The summed E-state index contributed by atoms with van der Waals surface area (Å²) in [6.45, 7) is 0. The monoisotopic (exact) mass is 431 g/mol. The molecule has 0 bridgehead atoms. The lowest BCUT2D eigenvalue weighted by Gasteiger charge is -2.10. The van der Waals surface area contributed by atoms with Gasteiger partial charge in [-0.1, -0.05) is 54.1 Å². The van der Waals surface area contributed by atoms with Gasteiger partial charge >= 0.3 is 0 Å². The summed E-state index contributed by atoms with van der Waals surface area (Å²) >= 11 is 6.34. The summed E-state index contributed by atoms with van der Waals surface area (Å²) in [5.74, 6) is 0.687. The first-order valence-corrected chi connectivity index (χ1v) is 10.1. The van der Waals surface area contributed by atoms with E-state index in [2.05, 4.69) is 4.98 Å². The number of furan rings is 1. The molecule has 31 heavy (non-hydrogen) atoms. The van der Waals surface area contributed by atoms with Crippen LogP contribution in [0.2, 0.25) is 5.02 Å². The van der Waals surface area contributed by atoms with Gasteiger partial charge in [0.1, 0.15) is 17.2 Å². The summed E-state index contributed by atoms with van der Waals surface area (Å²) in [6, 6.07) is 18.6. The Balaban J connectivity index is 1.70. The van der Waals surface area contributed by atoms with E-state index in [1.807, 2.05) is 36.4 Å². The number of benzene rings is 2. The Hall–Kier alpha value is -3.77. The molecule has 0 radical (unpaired) electrons. The summed E-state index contributed by atoms with van der Waals surface area (Å²) in [4.78, 5) is 9.47. The van der Waals surface area contributed by atoms with Crippen LogP contribution in [0.25, 0.3) is 16.9 Å². The second kappa shape index (κ2) is 7.81. The topological polar surface area (TPSA) is 83.8 Å². The number of phenolic OH excluding ortho intramolecular Hbond substituents is 1. The highest BCUT2D eigenvalue weighted by Crippen LogP contribution is 2.35. The predicted octanol–water partition coefficient (Wildman–Crippen LogP) is 5.24. The molecular formula is C24H18ClN3O3. The molecule has 0 unspecified atom stereocenters. The first-order chi connectivity index (χ1) is 15.1. The van der Waals surface area contributed by atoms with Crippen molar-refractivity contribution in [1.29, 1.82) is 0 Å². The Morgan fingerprint density at radius 3 is 2.48 bits per heavy atom. The highest BCUT2D eigenvalue weighted by molar-refractivity contribution is 6.34. The quantitative estimate of drug-likeness (QED) is 0.398. The molecular weight excluding hydrogens is 414 g/mol. The Morgan fingerprint density at radius 1 is 0.871 bits per heavy atom. The van der Waals surface area contributed by atoms with Gasteiger partial charge in [-0.2, -0.15) is 0 Å². The van der Waals surface area contributed by atoms with Gasteiger partial charge in [0.25, 0.3) is 0 Å². The SMILES string of the molecule is Oc1cccc(-c2cn3c(O)c(Cc4ccco4)nc3c(Cc3ccccc3)n2)c1Cl. The van der Waals surface area contributed by atoms with Gasteiger partial charge in [-0.3, -0.25) is 4.40 Å². The van der Waals surface area contributed by atoms with Gasteiger partial charge in [0.05, 0.1) is 29.1 Å². The highest BCUT2D eigenvalue weighted by Gasteiger charge is 2.19. The normalized spacial score (nSPS) is 11.3. The van der Waals surface area contributed by atoms with Gasteiger partial charge in [0.2, 0.25) is 5.88 Å². The first kappa shape index (κ1) is 19.2. The second-order valence-electron chi connectivity index (χ2n) is 7.21. The third-order valence-corrected chi connectivity index (χ3v) is 5.51. The number of rotatable bonds is 5. The zero-order valence-corrected chi connectivity index (χ0v) is 17.1. The predicted molar refractivity (Wildman–Crippen MR) is 118 cm³/mol. The van der Waals surface area contributed by atoms with Crippen molar-refractivity contribution >= 4 is 17.2 Å². The maximum atomic E-state index is 10.9. The van der Waals surface area contributed by atoms with Crippen LogP contribution in [-0.4, -0.2) is 24.6 Å². The minimum absolute atomic E-state index is 0.0145. The van der Waals surface area contributed by atoms with Crippen LogP contribution in [-0.2, 0) is 12.8 Å². The molecule has 0 aliphatic rings. The molecule has 0 spiro atoms. The molecule has 0 atom stereocenters. The zero-order chi connectivity index (χ0) is 21.4. The molecule has 2 N–H and O–H groups in total. The summed E-state index contributed by atoms with van der Waals surface area (Å²) in [7, 11) is 0. The van der Waals surface area contributed by atoms with Crippen LogP contribution >= 0.6 is 11.6 Å². The summed E-state index contributed by atoms with van der Waals surface area (Å²) in [6.07, 6.45) is 4.14. The van der Waals surface area contributed by atoms with Gasteiger partial charge in [0.15, 0.2) is 5.65 Å². The Labute approximate surface area is 183 Å². The van der Waals surface area contributed by atoms with E-state index in [0.717, 1.165) is 5.56 Å². The molecule has 6 nitrogen and oxygen atoms in total. The average molecular weight is 432 g/mol. The standard InChI is InChI=1S/C24H18ClN3O3/c25-22-17(9-4-10-21(22)29)20-14-28-23(18(26-20)12-15-6-2-1-3-7-15)27-19(24(28)30)13-16-8-5-11-31-16/h1-11,14,29-30H,12-13H2. The van der Waals surface area contributed by atoms with E-state index < -0.39 is 0 Å². The van der Waals surface area contributed by atoms with Crippen LogP contribution in [0.3, 0.4) is 0 Å².